The minimum atomic E-state index is 0.568. The van der Waals surface area contributed by atoms with Gasteiger partial charge in [-0.15, -0.1) is 0 Å². The summed E-state index contributed by atoms with van der Waals surface area (Å²) in [4.78, 5) is 15.7. The smallest absolute Gasteiger partial charge is 0.240 e. The molecule has 6 nitrogen and oxygen atoms in total. The Bertz CT molecular complexity index is 3080. The number of rotatable bonds is 4. The molecule has 0 amide bonds. The van der Waals surface area contributed by atoms with E-state index in [4.69, 9.17) is 15.0 Å². The van der Waals surface area contributed by atoms with Crippen molar-refractivity contribution in [2.24, 2.45) is 0 Å². The van der Waals surface area contributed by atoms with Gasteiger partial charge < -0.3 is 4.57 Å². The molecule has 6 heteroatoms. The van der Waals surface area contributed by atoms with Gasteiger partial charge in [0.1, 0.15) is 0 Å². The zero-order chi connectivity index (χ0) is 33.5. The Balaban J connectivity index is 1.27. The molecule has 0 radical (unpaired) electrons. The van der Waals surface area contributed by atoms with Gasteiger partial charge in [0.05, 0.1) is 33.1 Å². The molecule has 0 saturated carbocycles. The molecule has 7 aromatic carbocycles. The van der Waals surface area contributed by atoms with Gasteiger partial charge in [-0.1, -0.05) is 121 Å². The van der Waals surface area contributed by atoms with E-state index in [-0.39, 0.29) is 0 Å². The Kier molecular flexibility index (Phi) is 5.86. The molecule has 4 heterocycles. The SMILES string of the molecule is c1ccc(-c2nc(-n3c4ccccc4c4ccccc43)nc(-n3c4ccccc4c4cc5c(cc43)c3ccccc3n5-c3ccccc3)n2)cc1. The molecule has 0 N–H and O–H groups in total. The molecular formula is C45H28N6. The highest BCUT2D eigenvalue weighted by atomic mass is 15.3. The van der Waals surface area contributed by atoms with E-state index in [1.807, 2.05) is 18.2 Å². The minimum absolute atomic E-state index is 0.568. The minimum Gasteiger partial charge on any atom is -0.309 e. The van der Waals surface area contributed by atoms with E-state index in [9.17, 15) is 0 Å². The van der Waals surface area contributed by atoms with Gasteiger partial charge in [-0.25, -0.2) is 0 Å². The second kappa shape index (κ2) is 10.7. The molecule has 0 aliphatic carbocycles. The molecular weight excluding hydrogens is 625 g/mol. The van der Waals surface area contributed by atoms with Crippen molar-refractivity contribution in [2.75, 3.05) is 0 Å². The summed E-state index contributed by atoms with van der Waals surface area (Å²) in [5.41, 5.74) is 8.56. The van der Waals surface area contributed by atoms with Crippen LogP contribution in [0.5, 0.6) is 0 Å². The maximum absolute atomic E-state index is 5.34. The number of fused-ring (bicyclic) bond motifs is 9. The fourth-order valence-electron chi connectivity index (χ4n) is 7.91. The number of hydrogen-bond acceptors (Lipinski definition) is 3. The summed E-state index contributed by atoms with van der Waals surface area (Å²) in [6.07, 6.45) is 0. The predicted molar refractivity (Wildman–Crippen MR) is 208 cm³/mol. The summed E-state index contributed by atoms with van der Waals surface area (Å²) in [7, 11) is 0. The summed E-state index contributed by atoms with van der Waals surface area (Å²) < 4.78 is 6.75. The first-order valence-electron chi connectivity index (χ1n) is 17.1. The molecule has 51 heavy (non-hydrogen) atoms. The predicted octanol–water partition coefficient (Wildman–Crippen LogP) is 10.8. The average Bonchev–Trinajstić information content (AvgIpc) is 3.83. The van der Waals surface area contributed by atoms with Gasteiger partial charge in [0, 0.05) is 43.6 Å². The van der Waals surface area contributed by atoms with E-state index >= 15 is 0 Å². The van der Waals surface area contributed by atoms with Crippen LogP contribution in [0.1, 0.15) is 0 Å². The normalized spacial score (nSPS) is 11.9. The molecule has 11 rings (SSSR count). The van der Waals surface area contributed by atoms with Crippen molar-refractivity contribution < 1.29 is 0 Å². The lowest BCUT2D eigenvalue weighted by Gasteiger charge is -2.12. The van der Waals surface area contributed by atoms with Crippen molar-refractivity contribution in [1.29, 1.82) is 0 Å². The zero-order valence-corrected chi connectivity index (χ0v) is 27.3. The molecule has 0 spiro atoms. The Labute approximate surface area is 292 Å². The Hall–Kier alpha value is -7.05. The van der Waals surface area contributed by atoms with Crippen LogP contribution < -0.4 is 0 Å². The molecule has 0 aliphatic rings. The van der Waals surface area contributed by atoms with E-state index in [0.717, 1.165) is 60.4 Å². The highest BCUT2D eigenvalue weighted by Crippen LogP contribution is 2.40. The van der Waals surface area contributed by atoms with Gasteiger partial charge in [0.2, 0.25) is 11.9 Å². The number of hydrogen-bond donors (Lipinski definition) is 0. The molecule has 0 aliphatic heterocycles. The summed E-state index contributed by atoms with van der Waals surface area (Å²) in [5, 5.41) is 6.96. The van der Waals surface area contributed by atoms with Crippen LogP contribution in [-0.4, -0.2) is 28.7 Å². The van der Waals surface area contributed by atoms with Crippen LogP contribution in [0.15, 0.2) is 170 Å². The third-order valence-electron chi connectivity index (χ3n) is 10.1. The van der Waals surface area contributed by atoms with Crippen LogP contribution in [0.25, 0.3) is 94.4 Å². The van der Waals surface area contributed by atoms with E-state index in [1.54, 1.807) is 0 Å². The van der Waals surface area contributed by atoms with Gasteiger partial charge in [-0.05, 0) is 48.5 Å². The number of para-hydroxylation sites is 5. The van der Waals surface area contributed by atoms with Gasteiger partial charge in [0.15, 0.2) is 5.82 Å². The number of benzene rings is 7. The lowest BCUT2D eigenvalue weighted by atomic mass is 10.1. The van der Waals surface area contributed by atoms with E-state index in [2.05, 4.69) is 165 Å². The Morgan fingerprint density at radius 2 is 0.667 bits per heavy atom. The fraction of sp³-hybridized carbons (Fsp3) is 0. The molecule has 0 atom stereocenters. The molecule has 0 saturated heterocycles. The number of nitrogens with zero attached hydrogens (tertiary/aromatic N) is 6. The van der Waals surface area contributed by atoms with Crippen molar-refractivity contribution in [2.45, 2.75) is 0 Å². The van der Waals surface area contributed by atoms with E-state index in [0.29, 0.717) is 17.7 Å². The molecule has 0 fully saturated rings. The van der Waals surface area contributed by atoms with Crippen LogP contribution in [0.4, 0.5) is 0 Å². The van der Waals surface area contributed by atoms with Crippen molar-refractivity contribution >= 4 is 65.4 Å². The van der Waals surface area contributed by atoms with Gasteiger partial charge in [0.25, 0.3) is 0 Å². The molecule has 0 bridgehead atoms. The standard InChI is InChI=1S/C45H28N6/c1-3-15-29(16-4-1)43-46-44(50-38-24-12-7-19-31(38)32-20-8-13-25-39(32)50)48-45(47-43)51-40-26-14-10-22-34(40)36-27-41-35(28-42(36)51)33-21-9-11-23-37(33)49(41)30-17-5-2-6-18-30/h1-28H. The van der Waals surface area contributed by atoms with Crippen LogP contribution in [0.3, 0.4) is 0 Å². The van der Waals surface area contributed by atoms with Crippen LogP contribution >= 0.6 is 0 Å². The monoisotopic (exact) mass is 652 g/mol. The van der Waals surface area contributed by atoms with Gasteiger partial charge >= 0.3 is 0 Å². The molecule has 11 aromatic rings. The summed E-state index contributed by atoms with van der Waals surface area (Å²) in [5.74, 6) is 1.76. The molecule has 4 aromatic heterocycles. The maximum Gasteiger partial charge on any atom is 0.240 e. The van der Waals surface area contributed by atoms with E-state index in [1.165, 1.54) is 16.3 Å². The van der Waals surface area contributed by atoms with Gasteiger partial charge in [-0.3, -0.25) is 9.13 Å². The van der Waals surface area contributed by atoms with Crippen molar-refractivity contribution in [3.05, 3.63) is 170 Å². The first-order valence-corrected chi connectivity index (χ1v) is 17.1. The number of aromatic nitrogens is 6. The van der Waals surface area contributed by atoms with Crippen LogP contribution in [-0.2, 0) is 0 Å². The summed E-state index contributed by atoms with van der Waals surface area (Å²) in [6, 6.07) is 59.6. The maximum atomic E-state index is 5.34. The fourth-order valence-corrected chi connectivity index (χ4v) is 7.91. The van der Waals surface area contributed by atoms with Crippen molar-refractivity contribution in [1.82, 2.24) is 28.7 Å². The van der Waals surface area contributed by atoms with Crippen LogP contribution in [0, 0.1) is 0 Å². The zero-order valence-electron chi connectivity index (χ0n) is 27.3. The first-order chi connectivity index (χ1) is 25.3. The van der Waals surface area contributed by atoms with Crippen LogP contribution in [0.2, 0.25) is 0 Å². The van der Waals surface area contributed by atoms with Crippen molar-refractivity contribution in [3.8, 4) is 29.0 Å². The third kappa shape index (κ3) is 4.07. The topological polar surface area (TPSA) is 53.5 Å². The largest absolute Gasteiger partial charge is 0.309 e. The lowest BCUT2D eigenvalue weighted by Crippen LogP contribution is -2.10. The first kappa shape index (κ1) is 27.9. The highest BCUT2D eigenvalue weighted by molar-refractivity contribution is 6.19. The quantitative estimate of drug-likeness (QED) is 0.190. The summed E-state index contributed by atoms with van der Waals surface area (Å²) >= 11 is 0. The molecule has 238 valence electrons. The average molecular weight is 653 g/mol. The van der Waals surface area contributed by atoms with Gasteiger partial charge in [-0.2, -0.15) is 15.0 Å². The lowest BCUT2D eigenvalue weighted by molar-refractivity contribution is 0.893. The third-order valence-corrected chi connectivity index (χ3v) is 10.1. The van der Waals surface area contributed by atoms with E-state index < -0.39 is 0 Å². The summed E-state index contributed by atoms with van der Waals surface area (Å²) in [6.45, 7) is 0. The second-order valence-corrected chi connectivity index (χ2v) is 12.9. The second-order valence-electron chi connectivity index (χ2n) is 12.9. The Morgan fingerprint density at radius 3 is 1.18 bits per heavy atom. The molecule has 0 unspecified atom stereocenters. The highest BCUT2D eigenvalue weighted by Gasteiger charge is 2.22. The van der Waals surface area contributed by atoms with Crippen molar-refractivity contribution in [3.63, 3.8) is 0 Å². The Morgan fingerprint density at radius 1 is 0.294 bits per heavy atom.